The van der Waals surface area contributed by atoms with E-state index in [4.69, 9.17) is 9.47 Å². The monoisotopic (exact) mass is 280 g/mol. The fraction of sp³-hybridized carbons (Fsp3) is 0.875. The summed E-state index contributed by atoms with van der Waals surface area (Å²) < 4.78 is 11.0. The van der Waals surface area contributed by atoms with E-state index < -0.39 is 17.4 Å². The summed E-state index contributed by atoms with van der Waals surface area (Å²) in [6.07, 6.45) is 6.18. The van der Waals surface area contributed by atoms with Crippen LogP contribution in [0.2, 0.25) is 0 Å². The summed E-state index contributed by atoms with van der Waals surface area (Å²) in [4.78, 5) is 23.5. The fourth-order valence-corrected chi connectivity index (χ4v) is 4.95. The van der Waals surface area contributed by atoms with Gasteiger partial charge in [-0.25, -0.2) is 4.79 Å². The maximum Gasteiger partial charge on any atom is 0.509 e. The van der Waals surface area contributed by atoms with Gasteiger partial charge in [-0.05, 0) is 71.1 Å². The van der Waals surface area contributed by atoms with Gasteiger partial charge in [-0.15, -0.1) is 0 Å². The van der Waals surface area contributed by atoms with Crippen molar-refractivity contribution < 1.29 is 19.1 Å². The molecule has 112 valence electrons. The highest BCUT2D eigenvalue weighted by molar-refractivity contribution is 5.63. The van der Waals surface area contributed by atoms with Crippen molar-refractivity contribution in [1.82, 2.24) is 0 Å². The molecule has 4 nitrogen and oxygen atoms in total. The second-order valence-corrected chi connectivity index (χ2v) is 8.19. The average Bonchev–Trinajstić information content (AvgIpc) is 2.23. The Morgan fingerprint density at radius 2 is 1.75 bits per heavy atom. The third-order valence-corrected chi connectivity index (χ3v) is 4.99. The molecule has 2 atom stereocenters. The maximum atomic E-state index is 12.0. The number of ether oxygens (including phenoxy) is 2. The SMILES string of the molecule is CC(C)(C)OC(=O)OC12CC3CC(CC(C=O)(C3)C1)C2. The van der Waals surface area contributed by atoms with Crippen LogP contribution in [0.15, 0.2) is 0 Å². The van der Waals surface area contributed by atoms with Gasteiger partial charge in [0.25, 0.3) is 0 Å². The van der Waals surface area contributed by atoms with Crippen molar-refractivity contribution in [2.75, 3.05) is 0 Å². The van der Waals surface area contributed by atoms with Crippen LogP contribution in [0.3, 0.4) is 0 Å². The molecule has 0 amide bonds. The van der Waals surface area contributed by atoms with Gasteiger partial charge < -0.3 is 14.3 Å². The Morgan fingerprint density at radius 1 is 1.15 bits per heavy atom. The summed E-state index contributed by atoms with van der Waals surface area (Å²) in [7, 11) is 0. The third-order valence-electron chi connectivity index (χ3n) is 4.99. The van der Waals surface area contributed by atoms with E-state index in [0.29, 0.717) is 18.3 Å². The zero-order valence-electron chi connectivity index (χ0n) is 12.6. The lowest BCUT2D eigenvalue weighted by Crippen LogP contribution is -2.58. The molecule has 0 aromatic carbocycles. The molecule has 0 N–H and O–H groups in total. The second kappa shape index (κ2) is 4.22. The predicted molar refractivity (Wildman–Crippen MR) is 73.2 cm³/mol. The van der Waals surface area contributed by atoms with E-state index in [1.54, 1.807) is 0 Å². The van der Waals surface area contributed by atoms with Crippen LogP contribution in [-0.2, 0) is 14.3 Å². The molecule has 0 aliphatic heterocycles. The largest absolute Gasteiger partial charge is 0.509 e. The highest BCUT2D eigenvalue weighted by Gasteiger charge is 2.60. The van der Waals surface area contributed by atoms with Gasteiger partial charge in [0.15, 0.2) is 0 Å². The van der Waals surface area contributed by atoms with E-state index in [-0.39, 0.29) is 5.41 Å². The number of aldehydes is 1. The first-order valence-electron chi connectivity index (χ1n) is 7.62. The van der Waals surface area contributed by atoms with E-state index >= 15 is 0 Å². The Bertz CT molecular complexity index is 420. The lowest BCUT2D eigenvalue weighted by atomic mass is 9.48. The molecule has 4 rings (SSSR count). The number of carbonyl (C=O) groups excluding carboxylic acids is 2. The molecule has 4 heteroatoms. The zero-order chi connectivity index (χ0) is 14.6. The molecule has 4 aliphatic rings. The quantitative estimate of drug-likeness (QED) is 0.574. The highest BCUT2D eigenvalue weighted by atomic mass is 16.7. The molecule has 4 bridgehead atoms. The molecule has 20 heavy (non-hydrogen) atoms. The average molecular weight is 280 g/mol. The van der Waals surface area contributed by atoms with Gasteiger partial charge in [-0.2, -0.15) is 0 Å². The standard InChI is InChI=1S/C16H24O4/c1-14(2,3)19-13(18)20-16-7-11-4-12(8-16)6-15(5-11,9-16)10-17/h10-12H,4-9H2,1-3H3. The van der Waals surface area contributed by atoms with Crippen LogP contribution in [0, 0.1) is 17.3 Å². The molecule has 4 saturated carbocycles. The van der Waals surface area contributed by atoms with E-state index in [9.17, 15) is 9.59 Å². The molecule has 4 aliphatic carbocycles. The lowest BCUT2D eigenvalue weighted by Gasteiger charge is -2.59. The summed E-state index contributed by atoms with van der Waals surface area (Å²) in [5, 5.41) is 0. The van der Waals surface area contributed by atoms with Gasteiger partial charge >= 0.3 is 6.16 Å². The van der Waals surface area contributed by atoms with Crippen molar-refractivity contribution in [2.24, 2.45) is 17.3 Å². The first kappa shape index (κ1) is 13.9. The number of hydrogen-bond donors (Lipinski definition) is 0. The van der Waals surface area contributed by atoms with Gasteiger partial charge in [0.1, 0.15) is 17.5 Å². The van der Waals surface area contributed by atoms with Crippen molar-refractivity contribution in [3.05, 3.63) is 0 Å². The van der Waals surface area contributed by atoms with Crippen molar-refractivity contribution in [3.63, 3.8) is 0 Å². The molecule has 0 spiro atoms. The van der Waals surface area contributed by atoms with Crippen molar-refractivity contribution in [2.45, 2.75) is 70.5 Å². The first-order chi connectivity index (χ1) is 9.23. The van der Waals surface area contributed by atoms with Crippen LogP contribution in [0.5, 0.6) is 0 Å². The minimum Gasteiger partial charge on any atom is -0.429 e. The van der Waals surface area contributed by atoms with Gasteiger partial charge in [0.05, 0.1) is 0 Å². The Hall–Kier alpha value is -1.06. The number of carbonyl (C=O) groups is 2. The van der Waals surface area contributed by atoms with Crippen molar-refractivity contribution in [1.29, 1.82) is 0 Å². The Balaban J connectivity index is 1.76. The minimum atomic E-state index is -0.583. The van der Waals surface area contributed by atoms with Gasteiger partial charge in [0, 0.05) is 5.41 Å². The summed E-state index contributed by atoms with van der Waals surface area (Å²) in [6, 6.07) is 0. The molecule has 0 saturated heterocycles. The molecular weight excluding hydrogens is 256 g/mol. The molecule has 0 aromatic rings. The van der Waals surface area contributed by atoms with E-state index in [1.165, 1.54) is 6.42 Å². The third kappa shape index (κ3) is 2.45. The molecule has 0 radical (unpaired) electrons. The van der Waals surface area contributed by atoms with Crippen LogP contribution < -0.4 is 0 Å². The topological polar surface area (TPSA) is 52.6 Å². The number of rotatable bonds is 2. The van der Waals surface area contributed by atoms with E-state index in [0.717, 1.165) is 32.0 Å². The van der Waals surface area contributed by atoms with Gasteiger partial charge in [-0.1, -0.05) is 0 Å². The van der Waals surface area contributed by atoms with Crippen molar-refractivity contribution in [3.8, 4) is 0 Å². The maximum absolute atomic E-state index is 12.0. The van der Waals surface area contributed by atoms with Crippen LogP contribution in [0.1, 0.15) is 59.3 Å². The molecule has 4 fully saturated rings. The van der Waals surface area contributed by atoms with Crippen LogP contribution in [-0.4, -0.2) is 23.6 Å². The lowest BCUT2D eigenvalue weighted by molar-refractivity contribution is -0.179. The number of hydrogen-bond acceptors (Lipinski definition) is 4. The Morgan fingerprint density at radius 3 is 2.25 bits per heavy atom. The van der Waals surface area contributed by atoms with Gasteiger partial charge in [0.2, 0.25) is 0 Å². The minimum absolute atomic E-state index is 0.244. The summed E-state index contributed by atoms with van der Waals surface area (Å²) >= 11 is 0. The summed E-state index contributed by atoms with van der Waals surface area (Å²) in [6.45, 7) is 5.50. The van der Waals surface area contributed by atoms with Crippen LogP contribution >= 0.6 is 0 Å². The fourth-order valence-electron chi connectivity index (χ4n) is 4.95. The molecule has 0 aromatic heterocycles. The molecule has 2 unspecified atom stereocenters. The van der Waals surface area contributed by atoms with Crippen molar-refractivity contribution >= 4 is 12.4 Å². The summed E-state index contributed by atoms with van der Waals surface area (Å²) in [5.41, 5.74) is -1.23. The molecular formula is C16H24O4. The zero-order valence-corrected chi connectivity index (χ0v) is 12.6. The Labute approximate surface area is 120 Å². The molecule has 0 heterocycles. The van der Waals surface area contributed by atoms with Gasteiger partial charge in [-0.3, -0.25) is 0 Å². The van der Waals surface area contributed by atoms with Crippen LogP contribution in [0.25, 0.3) is 0 Å². The highest BCUT2D eigenvalue weighted by Crippen LogP contribution is 2.62. The first-order valence-corrected chi connectivity index (χ1v) is 7.62. The van der Waals surface area contributed by atoms with E-state index in [1.807, 2.05) is 20.8 Å². The van der Waals surface area contributed by atoms with Crippen LogP contribution in [0.4, 0.5) is 4.79 Å². The second-order valence-electron chi connectivity index (χ2n) is 8.19. The van der Waals surface area contributed by atoms with E-state index in [2.05, 4.69) is 0 Å². The summed E-state index contributed by atoms with van der Waals surface area (Å²) in [5.74, 6) is 1.06. The normalized spacial score (nSPS) is 42.4. The Kier molecular flexibility index (Phi) is 2.93. The predicted octanol–water partition coefficient (Wildman–Crippen LogP) is 3.48. The smallest absolute Gasteiger partial charge is 0.429 e.